The second-order valence-electron chi connectivity index (χ2n) is 1.69. The van der Waals surface area contributed by atoms with Crippen molar-refractivity contribution in [2.24, 2.45) is 0 Å². The summed E-state index contributed by atoms with van der Waals surface area (Å²) in [6.45, 7) is -0.0357. The summed E-state index contributed by atoms with van der Waals surface area (Å²) in [4.78, 5) is 16.5. The monoisotopic (exact) mass is 374 g/mol. The third-order valence-electron chi connectivity index (χ3n) is 0.645. The second-order valence-corrected chi connectivity index (χ2v) is 10.2. The molecule has 0 radical (unpaired) electrons. The number of hydrogen-bond donors (Lipinski definition) is 2. The van der Waals surface area contributed by atoms with Gasteiger partial charge in [0.05, 0.1) is 6.61 Å². The van der Waals surface area contributed by atoms with Gasteiger partial charge in [-0.3, -0.25) is 4.52 Å². The van der Waals surface area contributed by atoms with Crippen molar-refractivity contribution in [1.82, 2.24) is 0 Å². The molecule has 2 N–H and O–H groups in total. The molecule has 0 fully saturated rings. The van der Waals surface area contributed by atoms with Gasteiger partial charge in [-0.15, -0.1) is 0 Å². The van der Waals surface area contributed by atoms with E-state index in [0.29, 0.717) is 6.42 Å². The van der Waals surface area contributed by atoms with Gasteiger partial charge in [-0.1, -0.05) is 47.8 Å². The second kappa shape index (κ2) is 4.69. The summed E-state index contributed by atoms with van der Waals surface area (Å²) >= 11 is 9.44. The lowest BCUT2D eigenvalue weighted by atomic mass is 10.5. The SMILES string of the molecule is O=P(O)(O)OCCC(Br)(Br)Br. The summed E-state index contributed by atoms with van der Waals surface area (Å²) in [7, 11) is -4.31. The number of halogens is 3. The Morgan fingerprint density at radius 3 is 2.09 bits per heavy atom. The molecule has 0 rings (SSSR count). The van der Waals surface area contributed by atoms with Crippen LogP contribution >= 0.6 is 55.6 Å². The first-order valence-electron chi connectivity index (χ1n) is 2.47. The molecule has 0 spiro atoms. The highest BCUT2D eigenvalue weighted by Gasteiger charge is 2.20. The highest BCUT2D eigenvalue weighted by atomic mass is 80.0. The number of alkyl halides is 3. The molecule has 0 aromatic carbocycles. The van der Waals surface area contributed by atoms with Crippen molar-refractivity contribution >= 4 is 55.6 Å². The van der Waals surface area contributed by atoms with Gasteiger partial charge in [-0.05, 0) is 0 Å². The van der Waals surface area contributed by atoms with Crippen LogP contribution in [0, 0.1) is 0 Å². The fourth-order valence-corrected chi connectivity index (χ4v) is 1.10. The van der Waals surface area contributed by atoms with Gasteiger partial charge in [0.15, 0.2) is 0 Å². The lowest BCUT2D eigenvalue weighted by Gasteiger charge is -2.11. The van der Waals surface area contributed by atoms with Crippen LogP contribution in [0.5, 0.6) is 0 Å². The van der Waals surface area contributed by atoms with E-state index in [4.69, 9.17) is 9.79 Å². The highest BCUT2D eigenvalue weighted by Crippen LogP contribution is 2.40. The van der Waals surface area contributed by atoms with Gasteiger partial charge in [-0.2, -0.15) is 0 Å². The van der Waals surface area contributed by atoms with Gasteiger partial charge in [0.2, 0.25) is 0 Å². The van der Waals surface area contributed by atoms with Gasteiger partial charge < -0.3 is 9.79 Å². The molecule has 11 heavy (non-hydrogen) atoms. The predicted molar refractivity (Wildman–Crippen MR) is 52.1 cm³/mol. The molecule has 0 bridgehead atoms. The lowest BCUT2D eigenvalue weighted by Crippen LogP contribution is -2.04. The maximum atomic E-state index is 10.1. The van der Waals surface area contributed by atoms with Crippen LogP contribution in [0.15, 0.2) is 0 Å². The van der Waals surface area contributed by atoms with E-state index in [1.165, 1.54) is 0 Å². The van der Waals surface area contributed by atoms with Gasteiger partial charge in [0.1, 0.15) is 2.14 Å². The average Bonchev–Trinajstić information content (AvgIpc) is 1.55. The Labute approximate surface area is 89.3 Å². The zero-order valence-electron chi connectivity index (χ0n) is 5.21. The Hall–Kier alpha value is 1.55. The topological polar surface area (TPSA) is 66.8 Å². The van der Waals surface area contributed by atoms with Gasteiger partial charge >= 0.3 is 7.82 Å². The minimum absolute atomic E-state index is 0.0357. The summed E-state index contributed by atoms with van der Waals surface area (Å²) < 4.78 is 13.8. The van der Waals surface area contributed by atoms with Gasteiger partial charge in [0.25, 0.3) is 0 Å². The lowest BCUT2D eigenvalue weighted by molar-refractivity contribution is 0.197. The van der Waals surface area contributed by atoms with E-state index >= 15 is 0 Å². The van der Waals surface area contributed by atoms with Gasteiger partial charge in [0, 0.05) is 6.42 Å². The Morgan fingerprint density at radius 1 is 1.36 bits per heavy atom. The molecule has 0 atom stereocenters. The predicted octanol–water partition coefficient (Wildman–Crippen LogP) is 2.32. The van der Waals surface area contributed by atoms with Crippen molar-refractivity contribution in [3.05, 3.63) is 0 Å². The fourth-order valence-electron chi connectivity index (χ4n) is 0.280. The Bertz CT molecular complexity index is 160. The van der Waals surface area contributed by atoms with E-state index in [1.54, 1.807) is 0 Å². The Kier molecular flexibility index (Phi) is 5.35. The maximum absolute atomic E-state index is 10.1. The molecular weight excluding hydrogens is 371 g/mol. The maximum Gasteiger partial charge on any atom is 0.469 e. The minimum atomic E-state index is -4.31. The third-order valence-corrected chi connectivity index (χ3v) is 2.35. The minimum Gasteiger partial charge on any atom is -0.303 e. The highest BCUT2D eigenvalue weighted by molar-refractivity contribution is 9.39. The molecule has 0 aliphatic rings. The van der Waals surface area contributed by atoms with Crippen molar-refractivity contribution in [2.45, 2.75) is 8.56 Å². The molecule has 8 heteroatoms. The molecule has 0 heterocycles. The normalized spacial score (nSPS) is 13.5. The van der Waals surface area contributed by atoms with Crippen LogP contribution in [-0.2, 0) is 9.09 Å². The van der Waals surface area contributed by atoms with E-state index in [2.05, 4.69) is 52.3 Å². The number of phosphoric acid groups is 1. The van der Waals surface area contributed by atoms with E-state index in [9.17, 15) is 4.57 Å². The Balaban J connectivity index is 3.52. The van der Waals surface area contributed by atoms with Gasteiger partial charge in [-0.25, -0.2) is 4.57 Å². The quantitative estimate of drug-likeness (QED) is 0.586. The number of hydrogen-bond acceptors (Lipinski definition) is 2. The van der Waals surface area contributed by atoms with Crippen LogP contribution in [0.4, 0.5) is 0 Å². The molecule has 0 amide bonds. The van der Waals surface area contributed by atoms with Crippen LogP contribution in [-0.4, -0.2) is 18.5 Å². The Morgan fingerprint density at radius 2 is 1.82 bits per heavy atom. The molecule has 68 valence electrons. The van der Waals surface area contributed by atoms with Crippen molar-refractivity contribution < 1.29 is 18.9 Å². The van der Waals surface area contributed by atoms with Crippen LogP contribution < -0.4 is 0 Å². The van der Waals surface area contributed by atoms with E-state index in [1.807, 2.05) is 0 Å². The molecular formula is C3H6Br3O4P. The summed E-state index contributed by atoms with van der Waals surface area (Å²) in [5, 5.41) is 0. The largest absolute Gasteiger partial charge is 0.469 e. The first-order chi connectivity index (χ1) is 4.71. The average molecular weight is 377 g/mol. The first kappa shape index (κ1) is 12.6. The molecule has 0 aromatic rings. The molecule has 0 saturated carbocycles. The number of rotatable bonds is 3. The molecule has 0 saturated heterocycles. The number of phosphoric ester groups is 1. The van der Waals surface area contributed by atoms with Crippen molar-refractivity contribution in [2.75, 3.05) is 6.61 Å². The van der Waals surface area contributed by atoms with Crippen molar-refractivity contribution in [1.29, 1.82) is 0 Å². The van der Waals surface area contributed by atoms with Crippen LogP contribution in [0.1, 0.15) is 6.42 Å². The van der Waals surface area contributed by atoms with E-state index < -0.39 is 9.97 Å². The summed E-state index contributed by atoms with van der Waals surface area (Å²) in [6, 6.07) is 0. The molecule has 0 aliphatic carbocycles. The first-order valence-corrected chi connectivity index (χ1v) is 6.38. The molecule has 0 aromatic heterocycles. The van der Waals surface area contributed by atoms with Crippen molar-refractivity contribution in [3.63, 3.8) is 0 Å². The van der Waals surface area contributed by atoms with E-state index in [0.717, 1.165) is 0 Å². The van der Waals surface area contributed by atoms with Crippen molar-refractivity contribution in [3.8, 4) is 0 Å². The smallest absolute Gasteiger partial charge is 0.303 e. The summed E-state index contributed by atoms with van der Waals surface area (Å²) in [5.74, 6) is 0. The standard InChI is InChI=1S/C3H6Br3O4P/c4-3(5,6)1-2-10-11(7,8)9/h1-2H2,(H2,7,8,9). The van der Waals surface area contributed by atoms with Crippen LogP contribution in [0.2, 0.25) is 0 Å². The zero-order valence-corrected chi connectivity index (χ0v) is 10.9. The van der Waals surface area contributed by atoms with E-state index in [-0.39, 0.29) is 6.61 Å². The fraction of sp³-hybridized carbons (Fsp3) is 1.00. The third kappa shape index (κ3) is 11.5. The van der Waals surface area contributed by atoms with Crippen LogP contribution in [0.3, 0.4) is 0 Å². The molecule has 0 aliphatic heterocycles. The van der Waals surface area contributed by atoms with Crippen LogP contribution in [0.25, 0.3) is 0 Å². The zero-order chi connectivity index (χ0) is 9.12. The summed E-state index contributed by atoms with van der Waals surface area (Å²) in [6.07, 6.45) is 0.387. The molecule has 4 nitrogen and oxygen atoms in total. The summed E-state index contributed by atoms with van der Waals surface area (Å²) in [5.41, 5.74) is 0. The molecule has 0 unspecified atom stereocenters.